The summed E-state index contributed by atoms with van der Waals surface area (Å²) in [6.07, 6.45) is 5.41. The fourth-order valence-corrected chi connectivity index (χ4v) is 4.93. The fraction of sp³-hybridized carbons (Fsp3) is 0.389. The predicted molar refractivity (Wildman–Crippen MR) is 114 cm³/mol. The monoisotopic (exact) mass is 451 g/mol. The van der Waals surface area contributed by atoms with Gasteiger partial charge in [-0.05, 0) is 12.0 Å². The van der Waals surface area contributed by atoms with E-state index >= 15 is 0 Å². The standard InChI is InChI=1S/C18H21N5O5S2/c1-3-4-5-6-9-7-29-16-12(15(25)23(16)13(9)17(26)27)21-14(24)11(22-28-2)10-8-30-18(19)20-10/h5-6,8,12,16H,3-4,7H2,1-2H3,(H2,19,20)(H,21,24)(H,26,27)/b6-5+,22-11-/t12-,16-/m1/s1. The van der Waals surface area contributed by atoms with Crippen LogP contribution in [0.5, 0.6) is 0 Å². The average Bonchev–Trinajstić information content (AvgIpc) is 3.15. The summed E-state index contributed by atoms with van der Waals surface area (Å²) in [4.78, 5) is 47.2. The van der Waals surface area contributed by atoms with E-state index in [0.29, 0.717) is 11.3 Å². The molecule has 1 fully saturated rings. The Hall–Kier alpha value is -2.86. The molecule has 0 aromatic carbocycles. The molecule has 1 saturated heterocycles. The number of thiazole rings is 1. The van der Waals surface area contributed by atoms with Gasteiger partial charge in [0.05, 0.1) is 0 Å². The van der Waals surface area contributed by atoms with Gasteiger partial charge in [0, 0.05) is 11.1 Å². The van der Waals surface area contributed by atoms with Gasteiger partial charge in [-0.15, -0.1) is 23.1 Å². The summed E-state index contributed by atoms with van der Waals surface area (Å²) in [5.41, 5.74) is 6.26. The summed E-state index contributed by atoms with van der Waals surface area (Å²) in [5, 5.41) is 17.3. The quantitative estimate of drug-likeness (QED) is 0.303. The molecule has 10 nitrogen and oxygen atoms in total. The van der Waals surface area contributed by atoms with E-state index in [1.807, 2.05) is 13.0 Å². The number of rotatable bonds is 8. The number of hydrogen-bond acceptors (Lipinski definition) is 9. The second-order valence-electron chi connectivity index (χ2n) is 6.42. The van der Waals surface area contributed by atoms with Crippen LogP contribution in [0.4, 0.5) is 5.13 Å². The Morgan fingerprint density at radius 3 is 2.90 bits per heavy atom. The van der Waals surface area contributed by atoms with E-state index in [-0.39, 0.29) is 22.2 Å². The number of aromatic nitrogens is 1. The molecule has 2 atom stereocenters. The number of nitrogen functional groups attached to an aromatic ring is 1. The molecule has 2 aliphatic heterocycles. The third-order valence-electron chi connectivity index (χ3n) is 4.42. The third kappa shape index (κ3) is 4.19. The van der Waals surface area contributed by atoms with Crippen molar-refractivity contribution >= 4 is 51.7 Å². The summed E-state index contributed by atoms with van der Waals surface area (Å²) >= 11 is 2.53. The van der Waals surface area contributed by atoms with Gasteiger partial charge < -0.3 is 21.0 Å². The molecule has 3 rings (SSSR count). The van der Waals surface area contributed by atoms with Crippen LogP contribution >= 0.6 is 23.1 Å². The van der Waals surface area contributed by atoms with Crippen LogP contribution in [0.3, 0.4) is 0 Å². The molecule has 160 valence electrons. The van der Waals surface area contributed by atoms with Crippen molar-refractivity contribution in [3.05, 3.63) is 34.5 Å². The third-order valence-corrected chi connectivity index (χ3v) is 6.40. The van der Waals surface area contributed by atoms with Crippen LogP contribution in [0.15, 0.2) is 34.0 Å². The number of carboxylic acids is 1. The summed E-state index contributed by atoms with van der Waals surface area (Å²) < 4.78 is 0. The highest BCUT2D eigenvalue weighted by atomic mass is 32.2. The lowest BCUT2D eigenvalue weighted by Crippen LogP contribution is -2.71. The van der Waals surface area contributed by atoms with E-state index in [0.717, 1.165) is 24.2 Å². The Bertz CT molecular complexity index is 955. The summed E-state index contributed by atoms with van der Waals surface area (Å²) in [7, 11) is 1.29. The maximum absolute atomic E-state index is 12.7. The number of nitrogens with two attached hydrogens (primary N) is 1. The SMILES string of the molecule is CCC/C=C/C1=C(C(=O)O)N2C(=O)[C@@H](NC(=O)/C(=N\OC)c3csc(N)n3)[C@H]2SC1. The summed E-state index contributed by atoms with van der Waals surface area (Å²) in [5.74, 6) is -1.90. The van der Waals surface area contributed by atoms with E-state index < -0.39 is 29.2 Å². The Kier molecular flexibility index (Phi) is 6.77. The van der Waals surface area contributed by atoms with Gasteiger partial charge in [0.2, 0.25) is 0 Å². The van der Waals surface area contributed by atoms with Crippen molar-refractivity contribution in [3.63, 3.8) is 0 Å². The summed E-state index contributed by atoms with van der Waals surface area (Å²) in [6, 6.07) is -0.879. The van der Waals surface area contributed by atoms with Crippen molar-refractivity contribution in [2.75, 3.05) is 18.6 Å². The number of nitrogens with zero attached hydrogens (tertiary/aromatic N) is 3. The minimum atomic E-state index is -1.17. The fourth-order valence-electron chi connectivity index (χ4n) is 3.07. The Labute approximate surface area is 180 Å². The van der Waals surface area contributed by atoms with E-state index in [1.54, 1.807) is 11.5 Å². The predicted octanol–water partition coefficient (Wildman–Crippen LogP) is 1.17. The molecule has 2 amide bonds. The van der Waals surface area contributed by atoms with Crippen LogP contribution in [-0.4, -0.2) is 62.8 Å². The number of unbranched alkanes of at least 4 members (excludes halogenated alkanes) is 1. The molecule has 0 unspecified atom stereocenters. The van der Waals surface area contributed by atoms with Crippen LogP contribution in [0.25, 0.3) is 0 Å². The van der Waals surface area contributed by atoms with Crippen molar-refractivity contribution in [1.82, 2.24) is 15.2 Å². The van der Waals surface area contributed by atoms with Gasteiger partial charge in [-0.3, -0.25) is 14.5 Å². The number of oxime groups is 1. The number of allylic oxidation sites excluding steroid dienone is 2. The highest BCUT2D eigenvalue weighted by Crippen LogP contribution is 2.40. The lowest BCUT2D eigenvalue weighted by Gasteiger charge is -2.49. The molecule has 0 saturated carbocycles. The van der Waals surface area contributed by atoms with Crippen LogP contribution in [0.2, 0.25) is 0 Å². The van der Waals surface area contributed by atoms with Gasteiger partial charge in [-0.1, -0.05) is 30.7 Å². The molecule has 12 heteroatoms. The normalized spacial score (nSPS) is 21.5. The van der Waals surface area contributed by atoms with Crippen molar-refractivity contribution in [2.45, 2.75) is 31.2 Å². The lowest BCUT2D eigenvalue weighted by molar-refractivity contribution is -0.150. The molecule has 2 aliphatic rings. The van der Waals surface area contributed by atoms with E-state index in [1.165, 1.54) is 23.8 Å². The van der Waals surface area contributed by atoms with E-state index in [4.69, 9.17) is 10.6 Å². The average molecular weight is 452 g/mol. The number of hydrogen-bond donors (Lipinski definition) is 3. The van der Waals surface area contributed by atoms with Crippen molar-refractivity contribution in [2.24, 2.45) is 5.16 Å². The number of thioether (sulfide) groups is 1. The van der Waals surface area contributed by atoms with Gasteiger partial charge >= 0.3 is 5.97 Å². The zero-order valence-electron chi connectivity index (χ0n) is 16.3. The van der Waals surface area contributed by atoms with Crippen molar-refractivity contribution in [1.29, 1.82) is 0 Å². The highest BCUT2D eigenvalue weighted by molar-refractivity contribution is 8.00. The molecule has 3 heterocycles. The number of nitrogens with one attached hydrogen (secondary N) is 1. The number of β-lactam (4-membered cyclic amide) rings is 1. The maximum Gasteiger partial charge on any atom is 0.352 e. The second kappa shape index (κ2) is 9.30. The van der Waals surface area contributed by atoms with Crippen molar-refractivity contribution in [3.8, 4) is 0 Å². The molecule has 1 aromatic heterocycles. The number of carboxylic acid groups (broad SMARTS) is 1. The van der Waals surface area contributed by atoms with Crippen LogP contribution in [-0.2, 0) is 19.2 Å². The molecule has 30 heavy (non-hydrogen) atoms. The highest BCUT2D eigenvalue weighted by Gasteiger charge is 2.54. The zero-order valence-corrected chi connectivity index (χ0v) is 18.0. The maximum atomic E-state index is 12.7. The van der Waals surface area contributed by atoms with Gasteiger partial charge in [0.15, 0.2) is 10.8 Å². The first-order valence-electron chi connectivity index (χ1n) is 9.10. The lowest BCUT2D eigenvalue weighted by atomic mass is 10.0. The first-order chi connectivity index (χ1) is 14.4. The van der Waals surface area contributed by atoms with Crippen LogP contribution in [0, 0.1) is 0 Å². The molecule has 0 radical (unpaired) electrons. The number of carbonyl (C=O) groups is 3. The number of carbonyl (C=O) groups excluding carboxylic acids is 2. The number of anilines is 1. The Morgan fingerprint density at radius 2 is 2.30 bits per heavy atom. The van der Waals surface area contributed by atoms with Gasteiger partial charge in [-0.25, -0.2) is 9.78 Å². The van der Waals surface area contributed by atoms with E-state index in [9.17, 15) is 19.5 Å². The second-order valence-corrected chi connectivity index (χ2v) is 8.42. The molecular formula is C18H21N5O5S2. The largest absolute Gasteiger partial charge is 0.477 e. The van der Waals surface area contributed by atoms with Gasteiger partial charge in [0.25, 0.3) is 11.8 Å². The number of amides is 2. The van der Waals surface area contributed by atoms with Crippen LogP contribution < -0.4 is 11.1 Å². The van der Waals surface area contributed by atoms with Crippen LogP contribution in [0.1, 0.15) is 25.5 Å². The molecule has 0 bridgehead atoms. The first-order valence-corrected chi connectivity index (χ1v) is 11.0. The first kappa shape index (κ1) is 21.8. The number of fused-ring (bicyclic) bond motifs is 1. The molecule has 1 aromatic rings. The number of aliphatic carboxylic acids is 1. The minimum absolute atomic E-state index is 0.0420. The van der Waals surface area contributed by atoms with Gasteiger partial charge in [-0.2, -0.15) is 0 Å². The smallest absolute Gasteiger partial charge is 0.352 e. The molecule has 0 aliphatic carbocycles. The van der Waals surface area contributed by atoms with E-state index in [2.05, 4.69) is 15.5 Å². The summed E-state index contributed by atoms with van der Waals surface area (Å²) in [6.45, 7) is 2.02. The Morgan fingerprint density at radius 1 is 1.53 bits per heavy atom. The zero-order chi connectivity index (χ0) is 21.8. The molecular weight excluding hydrogens is 430 g/mol. The molecule has 4 N–H and O–H groups in total. The van der Waals surface area contributed by atoms with Gasteiger partial charge in [0.1, 0.15) is 29.9 Å². The minimum Gasteiger partial charge on any atom is -0.477 e. The Balaban J connectivity index is 1.78. The topological polar surface area (TPSA) is 147 Å². The molecule has 0 spiro atoms. The van der Waals surface area contributed by atoms with Crippen molar-refractivity contribution < 1.29 is 24.3 Å².